The zero-order valence-corrected chi connectivity index (χ0v) is 12.3. The van der Waals surface area contributed by atoms with Gasteiger partial charge in [-0.3, -0.25) is 0 Å². The Morgan fingerprint density at radius 3 is 2.00 bits per heavy atom. The molecule has 0 spiro atoms. The van der Waals surface area contributed by atoms with Crippen molar-refractivity contribution in [3.63, 3.8) is 0 Å². The number of hydrogen-bond acceptors (Lipinski definition) is 3. The van der Waals surface area contributed by atoms with Crippen LogP contribution in [-0.2, 0) is 16.0 Å². The number of hydrogen-bond donors (Lipinski definition) is 2. The largest absolute Gasteiger partial charge is 0.611 e. The molecular formula is C16H16O4S. The second-order valence-electron chi connectivity index (χ2n) is 4.52. The molecule has 0 amide bonds. The van der Waals surface area contributed by atoms with Crippen molar-refractivity contribution in [2.45, 2.75) is 17.9 Å². The van der Waals surface area contributed by atoms with Crippen molar-refractivity contribution < 1.29 is 19.6 Å². The highest BCUT2D eigenvalue weighted by molar-refractivity contribution is 7.91. The summed E-state index contributed by atoms with van der Waals surface area (Å²) in [7, 11) is 0. The summed E-state index contributed by atoms with van der Waals surface area (Å²) < 4.78 is 11.7. The standard InChI is InChI=1S/C16H16O4S/c1-2-21(20)14-9-7-12(8-10-14)11-3-5-13(6-4-11)15(17)16(18)19/h3-10,15,17H,2H2,1H3,(H,18,19). The summed E-state index contributed by atoms with van der Waals surface area (Å²) in [5, 5.41) is 18.2. The lowest BCUT2D eigenvalue weighted by molar-refractivity contribution is -0.146. The highest BCUT2D eigenvalue weighted by atomic mass is 32.2. The molecule has 2 rings (SSSR count). The third kappa shape index (κ3) is 3.64. The van der Waals surface area contributed by atoms with Gasteiger partial charge in [0.2, 0.25) is 0 Å². The Hall–Kier alpha value is -1.82. The van der Waals surface area contributed by atoms with Crippen molar-refractivity contribution in [2.75, 3.05) is 5.75 Å². The molecular weight excluding hydrogens is 288 g/mol. The summed E-state index contributed by atoms with van der Waals surface area (Å²) in [4.78, 5) is 11.5. The Labute approximate surface area is 126 Å². The first-order valence-electron chi connectivity index (χ1n) is 6.52. The van der Waals surface area contributed by atoms with Gasteiger partial charge in [0.05, 0.1) is 0 Å². The Morgan fingerprint density at radius 1 is 1.10 bits per heavy atom. The van der Waals surface area contributed by atoms with E-state index in [1.807, 2.05) is 31.2 Å². The van der Waals surface area contributed by atoms with Gasteiger partial charge in [-0.1, -0.05) is 24.3 Å². The normalized spacial score (nSPS) is 13.7. The van der Waals surface area contributed by atoms with Gasteiger partial charge >= 0.3 is 5.97 Å². The summed E-state index contributed by atoms with van der Waals surface area (Å²) in [5.41, 5.74) is 2.20. The molecule has 5 heteroatoms. The van der Waals surface area contributed by atoms with Crippen LogP contribution in [0.3, 0.4) is 0 Å². The molecule has 21 heavy (non-hydrogen) atoms. The fraction of sp³-hybridized carbons (Fsp3) is 0.188. The van der Waals surface area contributed by atoms with Crippen molar-refractivity contribution in [1.29, 1.82) is 0 Å². The molecule has 0 aliphatic rings. The quantitative estimate of drug-likeness (QED) is 0.832. The van der Waals surface area contributed by atoms with Gasteiger partial charge in [0, 0.05) is 0 Å². The maximum Gasteiger partial charge on any atom is 0.337 e. The minimum absolute atomic E-state index is 0.343. The van der Waals surface area contributed by atoms with E-state index in [0.29, 0.717) is 11.3 Å². The van der Waals surface area contributed by atoms with E-state index in [-0.39, 0.29) is 0 Å². The molecule has 2 N–H and O–H groups in total. The van der Waals surface area contributed by atoms with Gasteiger partial charge in [-0.15, -0.1) is 0 Å². The molecule has 0 saturated carbocycles. The van der Waals surface area contributed by atoms with Gasteiger partial charge in [-0.25, -0.2) is 4.79 Å². The predicted octanol–water partition coefficient (Wildman–Crippen LogP) is 2.60. The van der Waals surface area contributed by atoms with E-state index >= 15 is 0 Å². The van der Waals surface area contributed by atoms with Crippen LogP contribution >= 0.6 is 0 Å². The molecule has 2 unspecified atom stereocenters. The number of aliphatic carboxylic acids is 1. The van der Waals surface area contributed by atoms with Crippen LogP contribution in [0.1, 0.15) is 18.6 Å². The van der Waals surface area contributed by atoms with Gasteiger partial charge in [0.15, 0.2) is 11.0 Å². The average Bonchev–Trinajstić information content (AvgIpc) is 2.53. The Kier molecular flexibility index (Phi) is 5.01. The van der Waals surface area contributed by atoms with Gasteiger partial charge in [-0.05, 0) is 59.1 Å². The molecule has 2 aromatic carbocycles. The summed E-state index contributed by atoms with van der Waals surface area (Å²) in [6, 6.07) is 14.1. The number of aliphatic hydroxyl groups is 1. The fourth-order valence-electron chi connectivity index (χ4n) is 1.97. The van der Waals surface area contributed by atoms with E-state index in [0.717, 1.165) is 16.0 Å². The first-order valence-corrected chi connectivity index (χ1v) is 7.84. The number of carboxylic acid groups (broad SMARTS) is 1. The predicted molar refractivity (Wildman–Crippen MR) is 81.4 cm³/mol. The number of rotatable bonds is 5. The number of carboxylic acids is 1. The number of benzene rings is 2. The van der Waals surface area contributed by atoms with Crippen LogP contribution < -0.4 is 0 Å². The lowest BCUT2D eigenvalue weighted by Gasteiger charge is -2.09. The summed E-state index contributed by atoms with van der Waals surface area (Å²) in [5.74, 6) is -0.685. The SMILES string of the molecule is CC[S+]([O-])c1ccc(-c2ccc(C(O)C(=O)O)cc2)cc1. The minimum Gasteiger partial charge on any atom is -0.611 e. The average molecular weight is 304 g/mol. The van der Waals surface area contributed by atoms with Crippen molar-refractivity contribution in [2.24, 2.45) is 0 Å². The molecule has 0 aliphatic carbocycles. The second kappa shape index (κ2) is 6.76. The van der Waals surface area contributed by atoms with Crippen LogP contribution in [0, 0.1) is 0 Å². The molecule has 2 aromatic rings. The van der Waals surface area contributed by atoms with Crippen LogP contribution in [0.25, 0.3) is 11.1 Å². The van der Waals surface area contributed by atoms with Gasteiger partial charge in [0.1, 0.15) is 5.75 Å². The molecule has 2 atom stereocenters. The summed E-state index contributed by atoms with van der Waals surface area (Å²) in [6.07, 6.45) is -1.51. The van der Waals surface area contributed by atoms with Crippen molar-refractivity contribution >= 4 is 17.1 Å². The Bertz CT molecular complexity index is 607. The maximum atomic E-state index is 11.7. The molecule has 0 aliphatic heterocycles. The van der Waals surface area contributed by atoms with Gasteiger partial charge in [-0.2, -0.15) is 0 Å². The van der Waals surface area contributed by atoms with Crippen molar-refractivity contribution in [3.05, 3.63) is 54.1 Å². The van der Waals surface area contributed by atoms with E-state index in [9.17, 15) is 14.5 Å². The van der Waals surface area contributed by atoms with Crippen LogP contribution in [0.2, 0.25) is 0 Å². The van der Waals surface area contributed by atoms with E-state index in [1.54, 1.807) is 24.3 Å². The highest BCUT2D eigenvalue weighted by Crippen LogP contribution is 2.24. The molecule has 0 fully saturated rings. The van der Waals surface area contributed by atoms with Crippen molar-refractivity contribution in [1.82, 2.24) is 0 Å². The van der Waals surface area contributed by atoms with E-state index in [4.69, 9.17) is 5.11 Å². The summed E-state index contributed by atoms with van der Waals surface area (Å²) in [6.45, 7) is 1.87. The summed E-state index contributed by atoms with van der Waals surface area (Å²) >= 11 is -0.968. The Morgan fingerprint density at radius 2 is 1.57 bits per heavy atom. The van der Waals surface area contributed by atoms with E-state index in [2.05, 4.69) is 0 Å². The van der Waals surface area contributed by atoms with E-state index < -0.39 is 23.2 Å². The van der Waals surface area contributed by atoms with Crippen LogP contribution in [-0.4, -0.2) is 26.5 Å². The van der Waals surface area contributed by atoms with E-state index in [1.165, 1.54) is 0 Å². The smallest absolute Gasteiger partial charge is 0.337 e. The molecule has 4 nitrogen and oxygen atoms in total. The topological polar surface area (TPSA) is 80.6 Å². The monoisotopic (exact) mass is 304 g/mol. The van der Waals surface area contributed by atoms with Crippen LogP contribution in [0.4, 0.5) is 0 Å². The molecule has 0 saturated heterocycles. The highest BCUT2D eigenvalue weighted by Gasteiger charge is 2.15. The zero-order valence-electron chi connectivity index (χ0n) is 11.5. The van der Waals surface area contributed by atoms with Crippen LogP contribution in [0.5, 0.6) is 0 Å². The lowest BCUT2D eigenvalue weighted by Crippen LogP contribution is -2.10. The fourth-order valence-corrected chi connectivity index (χ4v) is 2.74. The third-order valence-electron chi connectivity index (χ3n) is 3.17. The number of aliphatic hydroxyl groups excluding tert-OH is 1. The third-order valence-corrected chi connectivity index (χ3v) is 4.50. The minimum atomic E-state index is -1.51. The molecule has 0 bridgehead atoms. The first kappa shape index (κ1) is 15.6. The zero-order chi connectivity index (χ0) is 15.4. The number of carbonyl (C=O) groups is 1. The Balaban J connectivity index is 2.21. The second-order valence-corrected chi connectivity index (χ2v) is 6.26. The first-order chi connectivity index (χ1) is 10.0. The molecule has 0 heterocycles. The van der Waals surface area contributed by atoms with Crippen LogP contribution in [0.15, 0.2) is 53.4 Å². The molecule has 0 aromatic heterocycles. The lowest BCUT2D eigenvalue weighted by atomic mass is 10.0. The molecule has 0 radical (unpaired) electrons. The molecule has 110 valence electrons. The van der Waals surface area contributed by atoms with Gasteiger partial charge in [0.25, 0.3) is 0 Å². The van der Waals surface area contributed by atoms with Gasteiger partial charge < -0.3 is 14.8 Å². The maximum absolute atomic E-state index is 11.7. The van der Waals surface area contributed by atoms with Crippen molar-refractivity contribution in [3.8, 4) is 11.1 Å².